The van der Waals surface area contributed by atoms with Crippen molar-refractivity contribution < 1.29 is 9.47 Å². The van der Waals surface area contributed by atoms with Crippen molar-refractivity contribution >= 4 is 11.8 Å². The van der Waals surface area contributed by atoms with Crippen LogP contribution in [0.4, 0.5) is 0 Å². The molecule has 1 aliphatic rings. The highest BCUT2D eigenvalue weighted by Gasteiger charge is 2.20. The molecule has 1 unspecified atom stereocenters. The van der Waals surface area contributed by atoms with E-state index in [1.54, 1.807) is 7.11 Å². The Bertz CT molecular complexity index is 653. The van der Waals surface area contributed by atoms with Gasteiger partial charge in [0, 0.05) is 11.1 Å². The van der Waals surface area contributed by atoms with Gasteiger partial charge in [0.1, 0.15) is 17.6 Å². The molecule has 3 rings (SSSR count). The average molecular weight is 264 g/mol. The normalized spacial score (nSPS) is 16.6. The van der Waals surface area contributed by atoms with Crippen LogP contribution >= 0.6 is 0 Å². The third kappa shape index (κ3) is 2.21. The van der Waals surface area contributed by atoms with E-state index in [0.717, 1.165) is 22.6 Å². The lowest BCUT2D eigenvalue weighted by atomic mass is 9.97. The third-order valence-corrected chi connectivity index (χ3v) is 3.43. The second kappa shape index (κ2) is 5.25. The summed E-state index contributed by atoms with van der Waals surface area (Å²) in [6.07, 6.45) is 3.79. The fraction of sp³-hybridized carbons (Fsp3) is 0.111. The number of benzene rings is 2. The Labute approximate surface area is 119 Å². The van der Waals surface area contributed by atoms with Crippen molar-refractivity contribution in [1.29, 1.82) is 0 Å². The van der Waals surface area contributed by atoms with Gasteiger partial charge in [-0.15, -0.1) is 0 Å². The van der Waals surface area contributed by atoms with Crippen LogP contribution in [0.1, 0.15) is 22.8 Å². The first-order valence-corrected chi connectivity index (χ1v) is 6.56. The summed E-state index contributed by atoms with van der Waals surface area (Å²) in [6, 6.07) is 16.1. The zero-order valence-electron chi connectivity index (χ0n) is 11.4. The van der Waals surface area contributed by atoms with Crippen LogP contribution in [0.15, 0.2) is 61.2 Å². The van der Waals surface area contributed by atoms with Crippen molar-refractivity contribution in [2.45, 2.75) is 6.10 Å². The SMILES string of the molecule is C=CC1OC(c2ccc(OC)cc2)=Cc2ccccc21. The molecule has 20 heavy (non-hydrogen) atoms. The van der Waals surface area contributed by atoms with Crippen LogP contribution in [0.3, 0.4) is 0 Å². The van der Waals surface area contributed by atoms with E-state index in [1.807, 2.05) is 42.5 Å². The summed E-state index contributed by atoms with van der Waals surface area (Å²) in [5.74, 6) is 1.70. The fourth-order valence-electron chi connectivity index (χ4n) is 2.36. The summed E-state index contributed by atoms with van der Waals surface area (Å²) in [5, 5.41) is 0. The molecule has 100 valence electrons. The molecule has 0 aromatic heterocycles. The highest BCUT2D eigenvalue weighted by atomic mass is 16.5. The maximum atomic E-state index is 6.02. The summed E-state index contributed by atoms with van der Waals surface area (Å²) < 4.78 is 11.2. The van der Waals surface area contributed by atoms with Crippen molar-refractivity contribution in [1.82, 2.24) is 0 Å². The molecular formula is C18H16O2. The summed E-state index contributed by atoms with van der Waals surface area (Å²) >= 11 is 0. The monoisotopic (exact) mass is 264 g/mol. The molecule has 0 saturated carbocycles. The van der Waals surface area contributed by atoms with E-state index in [0.29, 0.717) is 0 Å². The molecule has 0 amide bonds. The topological polar surface area (TPSA) is 18.5 Å². The second-order valence-electron chi connectivity index (χ2n) is 4.64. The molecule has 0 saturated heterocycles. The van der Waals surface area contributed by atoms with E-state index < -0.39 is 0 Å². The van der Waals surface area contributed by atoms with E-state index in [2.05, 4.69) is 24.8 Å². The van der Waals surface area contributed by atoms with Gasteiger partial charge in [-0.05, 0) is 42.0 Å². The Balaban J connectivity index is 2.02. The molecule has 2 aromatic carbocycles. The van der Waals surface area contributed by atoms with E-state index in [9.17, 15) is 0 Å². The number of hydrogen-bond donors (Lipinski definition) is 0. The van der Waals surface area contributed by atoms with Crippen LogP contribution in [0, 0.1) is 0 Å². The molecule has 2 nitrogen and oxygen atoms in total. The van der Waals surface area contributed by atoms with Crippen molar-refractivity contribution in [3.63, 3.8) is 0 Å². The molecule has 0 spiro atoms. The first-order chi connectivity index (χ1) is 9.81. The third-order valence-electron chi connectivity index (χ3n) is 3.43. The van der Waals surface area contributed by atoms with E-state index >= 15 is 0 Å². The number of methoxy groups -OCH3 is 1. The summed E-state index contributed by atoms with van der Waals surface area (Å²) in [5.41, 5.74) is 3.36. The summed E-state index contributed by atoms with van der Waals surface area (Å²) in [6.45, 7) is 3.87. The van der Waals surface area contributed by atoms with Crippen LogP contribution in [-0.4, -0.2) is 7.11 Å². The van der Waals surface area contributed by atoms with Gasteiger partial charge < -0.3 is 9.47 Å². The van der Waals surface area contributed by atoms with Crippen LogP contribution in [0.25, 0.3) is 11.8 Å². The standard InChI is InChI=1S/C18H16O2/c1-3-17-16-7-5-4-6-14(16)12-18(20-17)13-8-10-15(19-2)11-9-13/h3-12,17H,1H2,2H3. The number of fused-ring (bicyclic) bond motifs is 1. The molecule has 1 aliphatic heterocycles. The Kier molecular flexibility index (Phi) is 3.30. The zero-order valence-corrected chi connectivity index (χ0v) is 11.4. The van der Waals surface area contributed by atoms with Gasteiger partial charge in [0.25, 0.3) is 0 Å². The smallest absolute Gasteiger partial charge is 0.142 e. The van der Waals surface area contributed by atoms with Gasteiger partial charge >= 0.3 is 0 Å². The lowest BCUT2D eigenvalue weighted by Crippen LogP contribution is -2.07. The van der Waals surface area contributed by atoms with Crippen LogP contribution < -0.4 is 4.74 Å². The van der Waals surface area contributed by atoms with Crippen molar-refractivity contribution in [2.24, 2.45) is 0 Å². The molecule has 2 aromatic rings. The van der Waals surface area contributed by atoms with Gasteiger partial charge in [-0.2, -0.15) is 0 Å². The van der Waals surface area contributed by atoms with E-state index in [1.165, 1.54) is 5.56 Å². The fourth-order valence-corrected chi connectivity index (χ4v) is 2.36. The second-order valence-corrected chi connectivity index (χ2v) is 4.64. The summed E-state index contributed by atoms with van der Waals surface area (Å²) in [7, 11) is 1.66. The van der Waals surface area contributed by atoms with Crippen molar-refractivity contribution in [2.75, 3.05) is 7.11 Å². The Hall–Kier alpha value is -2.48. The number of hydrogen-bond acceptors (Lipinski definition) is 2. The molecule has 0 fully saturated rings. The minimum Gasteiger partial charge on any atom is -0.497 e. The Morgan fingerprint density at radius 1 is 1.10 bits per heavy atom. The molecule has 0 radical (unpaired) electrons. The lowest BCUT2D eigenvalue weighted by molar-refractivity contribution is 0.214. The zero-order chi connectivity index (χ0) is 13.9. The molecule has 1 heterocycles. The highest BCUT2D eigenvalue weighted by molar-refractivity contribution is 5.80. The minimum atomic E-state index is -0.103. The van der Waals surface area contributed by atoms with Gasteiger partial charge in [-0.25, -0.2) is 0 Å². The molecule has 0 bridgehead atoms. The average Bonchev–Trinajstić information content (AvgIpc) is 2.54. The van der Waals surface area contributed by atoms with Gasteiger partial charge in [-0.3, -0.25) is 0 Å². The maximum Gasteiger partial charge on any atom is 0.142 e. The molecule has 0 aliphatic carbocycles. The first kappa shape index (κ1) is 12.5. The predicted molar refractivity (Wildman–Crippen MR) is 81.3 cm³/mol. The number of rotatable bonds is 3. The van der Waals surface area contributed by atoms with Gasteiger partial charge in [0.2, 0.25) is 0 Å². The van der Waals surface area contributed by atoms with Crippen LogP contribution in [-0.2, 0) is 4.74 Å². The largest absolute Gasteiger partial charge is 0.497 e. The molecular weight excluding hydrogens is 248 g/mol. The molecule has 1 atom stereocenters. The Morgan fingerprint density at radius 2 is 1.85 bits per heavy atom. The molecule has 0 N–H and O–H groups in total. The van der Waals surface area contributed by atoms with Crippen LogP contribution in [0.5, 0.6) is 5.75 Å². The first-order valence-electron chi connectivity index (χ1n) is 6.56. The Morgan fingerprint density at radius 3 is 2.55 bits per heavy atom. The lowest BCUT2D eigenvalue weighted by Gasteiger charge is -2.25. The van der Waals surface area contributed by atoms with E-state index in [4.69, 9.17) is 9.47 Å². The van der Waals surface area contributed by atoms with Crippen LogP contribution in [0.2, 0.25) is 0 Å². The minimum absolute atomic E-state index is 0.103. The highest BCUT2D eigenvalue weighted by Crippen LogP contribution is 2.36. The number of ether oxygens (including phenoxy) is 2. The quantitative estimate of drug-likeness (QED) is 0.762. The van der Waals surface area contributed by atoms with Crippen molar-refractivity contribution in [3.05, 3.63) is 77.9 Å². The van der Waals surface area contributed by atoms with Gasteiger partial charge in [0.05, 0.1) is 7.11 Å². The van der Waals surface area contributed by atoms with E-state index in [-0.39, 0.29) is 6.10 Å². The van der Waals surface area contributed by atoms with Gasteiger partial charge in [-0.1, -0.05) is 30.8 Å². The van der Waals surface area contributed by atoms with Crippen molar-refractivity contribution in [3.8, 4) is 5.75 Å². The molecule has 2 heteroatoms. The predicted octanol–water partition coefficient (Wildman–Crippen LogP) is 4.45. The maximum absolute atomic E-state index is 6.02. The summed E-state index contributed by atoms with van der Waals surface area (Å²) in [4.78, 5) is 0. The van der Waals surface area contributed by atoms with Gasteiger partial charge in [0.15, 0.2) is 0 Å².